The smallest absolute Gasteiger partial charge is 0.119 e. The Labute approximate surface area is 129 Å². The normalized spacial score (nSPS) is 13.7. The Morgan fingerprint density at radius 1 is 1.33 bits per heavy atom. The number of nitrogens with one attached hydrogen (secondary N) is 1. The molecular weight excluding hydrogens is 260 g/mol. The zero-order chi connectivity index (χ0) is 15.7. The van der Waals surface area contributed by atoms with Crippen LogP contribution in [0.15, 0.2) is 24.3 Å². The maximum Gasteiger partial charge on any atom is 0.119 e. The molecule has 0 radical (unpaired) electrons. The van der Waals surface area contributed by atoms with Gasteiger partial charge in [0.1, 0.15) is 11.3 Å². The molecule has 0 aromatic heterocycles. The Kier molecular flexibility index (Phi) is 7.25. The first-order valence-corrected chi connectivity index (χ1v) is 7.96. The van der Waals surface area contributed by atoms with E-state index in [0.29, 0.717) is 12.5 Å². The summed E-state index contributed by atoms with van der Waals surface area (Å²) in [6.45, 7) is 9.92. The largest absolute Gasteiger partial charge is 0.494 e. The number of nitrogens with zero attached hydrogens (tertiary/aromatic N) is 1. The Bertz CT molecular complexity index is 465. The van der Waals surface area contributed by atoms with Gasteiger partial charge in [0.05, 0.1) is 12.7 Å². The van der Waals surface area contributed by atoms with Gasteiger partial charge in [0, 0.05) is 0 Å². The summed E-state index contributed by atoms with van der Waals surface area (Å²) in [5.74, 6) is 1.43. The van der Waals surface area contributed by atoms with Gasteiger partial charge in [-0.05, 0) is 49.4 Å². The van der Waals surface area contributed by atoms with E-state index in [-0.39, 0.29) is 0 Å². The highest BCUT2D eigenvalue weighted by atomic mass is 16.5. The summed E-state index contributed by atoms with van der Waals surface area (Å²) in [7, 11) is 0. The van der Waals surface area contributed by atoms with Crippen molar-refractivity contribution >= 4 is 0 Å². The minimum atomic E-state index is -0.405. The van der Waals surface area contributed by atoms with Gasteiger partial charge < -0.3 is 4.74 Å². The van der Waals surface area contributed by atoms with Crippen molar-refractivity contribution in [3.63, 3.8) is 0 Å². The van der Waals surface area contributed by atoms with Gasteiger partial charge in [-0.1, -0.05) is 39.8 Å². The van der Waals surface area contributed by atoms with Crippen LogP contribution in [0, 0.1) is 11.3 Å². The molecule has 1 rings (SSSR count). The monoisotopic (exact) mass is 288 g/mol. The lowest BCUT2D eigenvalue weighted by Gasteiger charge is -2.26. The van der Waals surface area contributed by atoms with Gasteiger partial charge in [-0.2, -0.15) is 5.26 Å². The van der Waals surface area contributed by atoms with Crippen molar-refractivity contribution in [3.8, 4) is 11.8 Å². The molecule has 0 saturated heterocycles. The molecule has 3 nitrogen and oxygen atoms in total. The maximum atomic E-state index is 9.37. The zero-order valence-corrected chi connectivity index (χ0v) is 13.8. The molecule has 0 bridgehead atoms. The number of hydrogen-bond acceptors (Lipinski definition) is 3. The van der Waals surface area contributed by atoms with Crippen LogP contribution in [-0.2, 0) is 0 Å². The molecule has 0 aliphatic rings. The zero-order valence-electron chi connectivity index (χ0n) is 13.8. The van der Waals surface area contributed by atoms with Crippen molar-refractivity contribution in [1.29, 1.82) is 5.26 Å². The standard InChI is InChI=1S/C18H28N2O/c1-5-18(14-19,20-6-2)11-8-12-21-17-10-7-9-16(13-17)15(3)4/h7,9-10,13,15,20H,5-6,8,11-12H2,1-4H3. The highest BCUT2D eigenvalue weighted by Gasteiger charge is 2.25. The molecule has 0 fully saturated rings. The summed E-state index contributed by atoms with van der Waals surface area (Å²) in [6.07, 6.45) is 2.51. The summed E-state index contributed by atoms with van der Waals surface area (Å²) in [5, 5.41) is 12.7. The van der Waals surface area contributed by atoms with Crippen molar-refractivity contribution < 1.29 is 4.74 Å². The first-order valence-electron chi connectivity index (χ1n) is 7.96. The Morgan fingerprint density at radius 2 is 2.10 bits per heavy atom. The van der Waals surface area contributed by atoms with E-state index in [2.05, 4.69) is 44.3 Å². The molecule has 0 spiro atoms. The van der Waals surface area contributed by atoms with Crippen LogP contribution in [0.2, 0.25) is 0 Å². The molecule has 0 heterocycles. The second-order valence-corrected chi connectivity index (χ2v) is 5.76. The third-order valence-electron chi connectivity index (χ3n) is 3.87. The summed E-state index contributed by atoms with van der Waals surface area (Å²) in [6, 6.07) is 10.7. The van der Waals surface area contributed by atoms with Gasteiger partial charge in [-0.15, -0.1) is 0 Å². The molecule has 1 unspecified atom stereocenters. The van der Waals surface area contributed by atoms with Gasteiger partial charge in [-0.25, -0.2) is 0 Å². The van der Waals surface area contributed by atoms with E-state index in [1.807, 2.05) is 19.1 Å². The Hall–Kier alpha value is -1.53. The Morgan fingerprint density at radius 3 is 2.67 bits per heavy atom. The third kappa shape index (κ3) is 5.40. The lowest BCUT2D eigenvalue weighted by Crippen LogP contribution is -2.43. The fraction of sp³-hybridized carbons (Fsp3) is 0.611. The first-order chi connectivity index (χ1) is 10.1. The molecule has 0 amide bonds. The van der Waals surface area contributed by atoms with Crippen molar-refractivity contribution in [2.45, 2.75) is 58.4 Å². The van der Waals surface area contributed by atoms with Crippen LogP contribution in [0.1, 0.15) is 58.4 Å². The van der Waals surface area contributed by atoms with Gasteiger partial charge >= 0.3 is 0 Å². The van der Waals surface area contributed by atoms with Crippen LogP contribution in [0.3, 0.4) is 0 Å². The van der Waals surface area contributed by atoms with E-state index in [1.54, 1.807) is 0 Å². The molecule has 1 N–H and O–H groups in total. The molecule has 1 atom stereocenters. The minimum Gasteiger partial charge on any atom is -0.494 e. The van der Waals surface area contributed by atoms with Crippen molar-refractivity contribution in [2.24, 2.45) is 0 Å². The third-order valence-corrected chi connectivity index (χ3v) is 3.87. The average molecular weight is 288 g/mol. The summed E-state index contributed by atoms with van der Waals surface area (Å²) in [5.41, 5.74) is 0.887. The molecule has 0 saturated carbocycles. The second-order valence-electron chi connectivity index (χ2n) is 5.76. The van der Waals surface area contributed by atoms with Crippen LogP contribution in [0.25, 0.3) is 0 Å². The molecule has 0 aliphatic carbocycles. The number of hydrogen-bond donors (Lipinski definition) is 1. The number of nitriles is 1. The molecule has 3 heteroatoms. The fourth-order valence-electron chi connectivity index (χ4n) is 2.43. The summed E-state index contributed by atoms with van der Waals surface area (Å²) < 4.78 is 5.82. The van der Waals surface area contributed by atoms with Gasteiger partial charge in [0.15, 0.2) is 0 Å². The minimum absolute atomic E-state index is 0.405. The number of ether oxygens (including phenoxy) is 1. The number of benzene rings is 1. The van der Waals surface area contributed by atoms with Gasteiger partial charge in [-0.3, -0.25) is 5.32 Å². The van der Waals surface area contributed by atoms with E-state index in [4.69, 9.17) is 4.74 Å². The SMILES string of the molecule is CCNC(C#N)(CC)CCCOc1cccc(C(C)C)c1. The van der Waals surface area contributed by atoms with E-state index >= 15 is 0 Å². The summed E-state index contributed by atoms with van der Waals surface area (Å²) >= 11 is 0. The van der Waals surface area contributed by atoms with E-state index < -0.39 is 5.54 Å². The second kappa shape index (κ2) is 8.69. The maximum absolute atomic E-state index is 9.37. The highest BCUT2D eigenvalue weighted by molar-refractivity contribution is 5.30. The van der Waals surface area contributed by atoms with Gasteiger partial charge in [0.25, 0.3) is 0 Å². The molecule has 1 aromatic rings. The van der Waals surface area contributed by atoms with Crippen molar-refractivity contribution in [1.82, 2.24) is 5.32 Å². The van der Waals surface area contributed by atoms with Crippen LogP contribution in [0.5, 0.6) is 5.75 Å². The molecule has 0 aliphatic heterocycles. The average Bonchev–Trinajstić information content (AvgIpc) is 2.50. The predicted molar refractivity (Wildman–Crippen MR) is 87.6 cm³/mol. The van der Waals surface area contributed by atoms with Crippen molar-refractivity contribution in [2.75, 3.05) is 13.2 Å². The number of rotatable bonds is 9. The fourth-order valence-corrected chi connectivity index (χ4v) is 2.43. The van der Waals surface area contributed by atoms with Crippen LogP contribution < -0.4 is 10.1 Å². The first kappa shape index (κ1) is 17.5. The lowest BCUT2D eigenvalue weighted by atomic mass is 9.92. The van der Waals surface area contributed by atoms with Crippen LogP contribution >= 0.6 is 0 Å². The molecule has 1 aromatic carbocycles. The topological polar surface area (TPSA) is 45.0 Å². The lowest BCUT2D eigenvalue weighted by molar-refractivity contribution is 0.277. The molecule has 21 heavy (non-hydrogen) atoms. The van der Waals surface area contributed by atoms with Crippen molar-refractivity contribution in [3.05, 3.63) is 29.8 Å². The van der Waals surface area contributed by atoms with E-state index in [1.165, 1.54) is 5.56 Å². The quantitative estimate of drug-likeness (QED) is 0.691. The predicted octanol–water partition coefficient (Wildman–Crippen LogP) is 4.25. The van der Waals surface area contributed by atoms with Crippen LogP contribution in [-0.4, -0.2) is 18.7 Å². The van der Waals surface area contributed by atoms with E-state index in [0.717, 1.165) is 31.6 Å². The van der Waals surface area contributed by atoms with Gasteiger partial charge in [0.2, 0.25) is 0 Å². The Balaban J connectivity index is 2.47. The van der Waals surface area contributed by atoms with E-state index in [9.17, 15) is 5.26 Å². The van der Waals surface area contributed by atoms with Crippen LogP contribution in [0.4, 0.5) is 0 Å². The molecular formula is C18H28N2O. The summed E-state index contributed by atoms with van der Waals surface area (Å²) in [4.78, 5) is 0. The highest BCUT2D eigenvalue weighted by Crippen LogP contribution is 2.21. The molecule has 116 valence electrons.